The fourth-order valence-corrected chi connectivity index (χ4v) is 2.42. The van der Waals surface area contributed by atoms with E-state index in [1.165, 1.54) is 0 Å². The average Bonchev–Trinajstić information content (AvgIpc) is 3.14. The molecule has 0 atom stereocenters. The molecule has 0 N–H and O–H groups in total. The second-order valence-corrected chi connectivity index (χ2v) is 4.95. The van der Waals surface area contributed by atoms with Crippen molar-refractivity contribution < 1.29 is 0 Å². The van der Waals surface area contributed by atoms with E-state index in [1.54, 1.807) is 12.5 Å². The highest BCUT2D eigenvalue weighted by Gasteiger charge is 2.06. The number of aromatic nitrogens is 5. The van der Waals surface area contributed by atoms with Crippen LogP contribution >= 0.6 is 0 Å². The monoisotopic (exact) mass is 275 g/mol. The Bertz CT molecular complexity index is 902. The summed E-state index contributed by atoms with van der Waals surface area (Å²) >= 11 is 0. The topological polar surface area (TPSA) is 48.5 Å². The molecule has 0 aliphatic heterocycles. The first kappa shape index (κ1) is 11.8. The lowest BCUT2D eigenvalue weighted by Gasteiger charge is -2.04. The maximum Gasteiger partial charge on any atom is 0.137 e. The van der Waals surface area contributed by atoms with E-state index < -0.39 is 0 Å². The van der Waals surface area contributed by atoms with Crippen molar-refractivity contribution in [2.75, 3.05) is 0 Å². The van der Waals surface area contributed by atoms with E-state index in [0.29, 0.717) is 0 Å². The van der Waals surface area contributed by atoms with Crippen LogP contribution in [0.4, 0.5) is 0 Å². The molecular weight excluding hydrogens is 262 g/mol. The Morgan fingerprint density at radius 2 is 1.95 bits per heavy atom. The van der Waals surface area contributed by atoms with Crippen LogP contribution < -0.4 is 0 Å². The SMILES string of the molecule is Cn1cnc(-c2ccc(-n3ccc4ccncc43)nc2)c1. The third kappa shape index (κ3) is 1.99. The van der Waals surface area contributed by atoms with Crippen LogP contribution in [0.5, 0.6) is 0 Å². The van der Waals surface area contributed by atoms with Crippen molar-refractivity contribution in [1.29, 1.82) is 0 Å². The van der Waals surface area contributed by atoms with Gasteiger partial charge in [-0.25, -0.2) is 9.97 Å². The molecule has 0 spiro atoms. The van der Waals surface area contributed by atoms with E-state index >= 15 is 0 Å². The smallest absolute Gasteiger partial charge is 0.137 e. The van der Waals surface area contributed by atoms with E-state index in [4.69, 9.17) is 0 Å². The van der Waals surface area contributed by atoms with Crippen molar-refractivity contribution in [1.82, 2.24) is 24.1 Å². The number of fused-ring (bicyclic) bond motifs is 1. The zero-order valence-electron chi connectivity index (χ0n) is 11.5. The molecule has 0 radical (unpaired) electrons. The fraction of sp³-hybridized carbons (Fsp3) is 0.0625. The molecule has 0 aromatic carbocycles. The number of hydrogen-bond donors (Lipinski definition) is 0. The van der Waals surface area contributed by atoms with Crippen molar-refractivity contribution in [3.05, 3.63) is 61.6 Å². The van der Waals surface area contributed by atoms with E-state index in [1.807, 2.05) is 59.2 Å². The van der Waals surface area contributed by atoms with E-state index in [0.717, 1.165) is 28.0 Å². The van der Waals surface area contributed by atoms with Crippen LogP contribution in [0, 0.1) is 0 Å². The lowest BCUT2D eigenvalue weighted by molar-refractivity contribution is 0.913. The van der Waals surface area contributed by atoms with Crippen molar-refractivity contribution in [2.45, 2.75) is 0 Å². The highest BCUT2D eigenvalue weighted by molar-refractivity contribution is 5.80. The molecule has 21 heavy (non-hydrogen) atoms. The number of imidazole rings is 1. The summed E-state index contributed by atoms with van der Waals surface area (Å²) in [6.07, 6.45) is 11.3. The summed E-state index contributed by atoms with van der Waals surface area (Å²) < 4.78 is 3.96. The highest BCUT2D eigenvalue weighted by atomic mass is 15.1. The molecule has 0 aliphatic rings. The molecule has 4 aromatic rings. The van der Waals surface area contributed by atoms with Crippen molar-refractivity contribution in [3.8, 4) is 17.1 Å². The summed E-state index contributed by atoms with van der Waals surface area (Å²) in [7, 11) is 1.96. The van der Waals surface area contributed by atoms with Crippen LogP contribution in [0.25, 0.3) is 28.0 Å². The third-order valence-electron chi connectivity index (χ3n) is 3.49. The van der Waals surface area contributed by atoms with Gasteiger partial charge in [0.2, 0.25) is 0 Å². The van der Waals surface area contributed by atoms with Gasteiger partial charge < -0.3 is 4.57 Å². The lowest BCUT2D eigenvalue weighted by atomic mass is 10.2. The van der Waals surface area contributed by atoms with Gasteiger partial charge in [-0.15, -0.1) is 0 Å². The number of rotatable bonds is 2. The maximum atomic E-state index is 4.54. The molecule has 102 valence electrons. The third-order valence-corrected chi connectivity index (χ3v) is 3.49. The number of nitrogens with zero attached hydrogens (tertiary/aromatic N) is 5. The van der Waals surface area contributed by atoms with Crippen molar-refractivity contribution >= 4 is 10.9 Å². The van der Waals surface area contributed by atoms with Crippen LogP contribution in [0.15, 0.2) is 61.6 Å². The summed E-state index contributed by atoms with van der Waals surface area (Å²) in [4.78, 5) is 13.1. The number of pyridine rings is 2. The molecule has 0 saturated heterocycles. The predicted octanol–water partition coefficient (Wildman–Crippen LogP) is 2.82. The van der Waals surface area contributed by atoms with Crippen LogP contribution in [-0.2, 0) is 7.05 Å². The normalized spacial score (nSPS) is 11.1. The Labute approximate surface area is 121 Å². The summed E-state index contributed by atoms with van der Waals surface area (Å²) in [5.74, 6) is 0.873. The van der Waals surface area contributed by atoms with Gasteiger partial charge in [-0.3, -0.25) is 9.55 Å². The van der Waals surface area contributed by atoms with Gasteiger partial charge in [0.05, 0.1) is 23.7 Å². The fourth-order valence-electron chi connectivity index (χ4n) is 2.42. The molecule has 0 saturated carbocycles. The average molecular weight is 275 g/mol. The standard InChI is InChI=1S/C16H13N5/c1-20-10-14(19-11-20)13-2-3-16(18-8-13)21-7-5-12-4-6-17-9-15(12)21/h2-11H,1H3. The van der Waals surface area contributed by atoms with Crippen LogP contribution in [0.1, 0.15) is 0 Å². The minimum Gasteiger partial charge on any atom is -0.340 e. The summed E-state index contributed by atoms with van der Waals surface area (Å²) in [5, 5.41) is 1.15. The van der Waals surface area contributed by atoms with Gasteiger partial charge in [0.25, 0.3) is 0 Å². The molecule has 0 amide bonds. The lowest BCUT2D eigenvalue weighted by Crippen LogP contribution is -1.95. The second-order valence-electron chi connectivity index (χ2n) is 4.95. The largest absolute Gasteiger partial charge is 0.340 e. The quantitative estimate of drug-likeness (QED) is 0.565. The first-order valence-corrected chi connectivity index (χ1v) is 6.67. The zero-order chi connectivity index (χ0) is 14.2. The van der Waals surface area contributed by atoms with E-state index in [-0.39, 0.29) is 0 Å². The van der Waals surface area contributed by atoms with Gasteiger partial charge in [0, 0.05) is 42.8 Å². The molecule has 0 unspecified atom stereocenters. The van der Waals surface area contributed by atoms with Gasteiger partial charge in [-0.1, -0.05) is 0 Å². The van der Waals surface area contributed by atoms with Gasteiger partial charge >= 0.3 is 0 Å². The van der Waals surface area contributed by atoms with Crippen molar-refractivity contribution in [3.63, 3.8) is 0 Å². The Balaban J connectivity index is 1.76. The minimum atomic E-state index is 0.873. The summed E-state index contributed by atoms with van der Waals surface area (Å²) in [6, 6.07) is 8.09. The maximum absolute atomic E-state index is 4.54. The van der Waals surface area contributed by atoms with Crippen LogP contribution in [-0.4, -0.2) is 24.1 Å². The predicted molar refractivity (Wildman–Crippen MR) is 81.1 cm³/mol. The second kappa shape index (κ2) is 4.56. The van der Waals surface area contributed by atoms with Crippen LogP contribution in [0.3, 0.4) is 0 Å². The molecular formula is C16H13N5. The van der Waals surface area contributed by atoms with Crippen LogP contribution in [0.2, 0.25) is 0 Å². The first-order valence-electron chi connectivity index (χ1n) is 6.67. The highest BCUT2D eigenvalue weighted by Crippen LogP contribution is 2.20. The van der Waals surface area contributed by atoms with E-state index in [9.17, 15) is 0 Å². The summed E-state index contributed by atoms with van der Waals surface area (Å²) in [6.45, 7) is 0. The van der Waals surface area contributed by atoms with E-state index in [2.05, 4.69) is 21.0 Å². The zero-order valence-corrected chi connectivity index (χ0v) is 11.5. The van der Waals surface area contributed by atoms with Gasteiger partial charge in [0.1, 0.15) is 5.82 Å². The Hall–Kier alpha value is -2.95. The Kier molecular flexibility index (Phi) is 2.57. The first-order chi connectivity index (χ1) is 10.3. The molecule has 0 aliphatic carbocycles. The van der Waals surface area contributed by atoms with Gasteiger partial charge in [-0.05, 0) is 24.3 Å². The molecule has 4 rings (SSSR count). The number of hydrogen-bond acceptors (Lipinski definition) is 3. The Morgan fingerprint density at radius 3 is 2.71 bits per heavy atom. The van der Waals surface area contributed by atoms with Gasteiger partial charge in [-0.2, -0.15) is 0 Å². The molecule has 4 aromatic heterocycles. The molecule has 0 bridgehead atoms. The number of aryl methyl sites for hydroxylation is 1. The summed E-state index contributed by atoms with van der Waals surface area (Å²) in [5.41, 5.74) is 2.99. The van der Waals surface area contributed by atoms with Crippen molar-refractivity contribution in [2.24, 2.45) is 7.05 Å². The molecule has 0 fully saturated rings. The molecule has 4 heterocycles. The molecule has 5 heteroatoms. The molecule has 5 nitrogen and oxygen atoms in total. The Morgan fingerprint density at radius 1 is 1.00 bits per heavy atom. The minimum absolute atomic E-state index is 0.873. The van der Waals surface area contributed by atoms with Gasteiger partial charge in [0.15, 0.2) is 0 Å².